The Bertz CT molecular complexity index is 797. The summed E-state index contributed by atoms with van der Waals surface area (Å²) in [5, 5.41) is 10.8. The minimum absolute atomic E-state index is 0.128. The summed E-state index contributed by atoms with van der Waals surface area (Å²) < 4.78 is 40.6. The van der Waals surface area contributed by atoms with Crippen molar-refractivity contribution < 1.29 is 22.7 Å². The number of nitrogen functional groups attached to an aromatic ring is 1. The largest absolute Gasteiger partial charge is 0.573 e. The van der Waals surface area contributed by atoms with E-state index in [1.807, 2.05) is 0 Å². The van der Waals surface area contributed by atoms with Crippen molar-refractivity contribution in [2.24, 2.45) is 5.92 Å². The Morgan fingerprint density at radius 3 is 2.71 bits per heavy atom. The minimum atomic E-state index is -4.69. The first-order valence-electron chi connectivity index (χ1n) is 8.73. The maximum atomic E-state index is 12.2. The molecular weight excluding hydrogens is 395 g/mol. The molecule has 1 aliphatic rings. The highest BCUT2D eigenvalue weighted by atomic mass is 32.1. The quantitative estimate of drug-likeness (QED) is 0.752. The van der Waals surface area contributed by atoms with E-state index in [1.54, 1.807) is 12.1 Å². The van der Waals surface area contributed by atoms with E-state index >= 15 is 0 Å². The zero-order chi connectivity index (χ0) is 20.1. The molecule has 1 fully saturated rings. The molecule has 1 unspecified atom stereocenters. The number of nitrogens with zero attached hydrogens (tertiary/aromatic N) is 3. The lowest BCUT2D eigenvalue weighted by molar-refractivity contribution is -0.274. The molecular formula is C17H20F3N5O2S. The second-order valence-corrected chi connectivity index (χ2v) is 7.64. The van der Waals surface area contributed by atoms with Gasteiger partial charge in [-0.1, -0.05) is 23.5 Å². The van der Waals surface area contributed by atoms with Gasteiger partial charge in [0.15, 0.2) is 0 Å². The van der Waals surface area contributed by atoms with E-state index in [4.69, 9.17) is 5.73 Å². The predicted molar refractivity (Wildman–Crippen MR) is 98.7 cm³/mol. The molecule has 0 aliphatic carbocycles. The fourth-order valence-electron chi connectivity index (χ4n) is 3.23. The topological polar surface area (TPSA) is 93.4 Å². The Hall–Kier alpha value is -2.40. The van der Waals surface area contributed by atoms with Gasteiger partial charge in [0, 0.05) is 19.5 Å². The van der Waals surface area contributed by atoms with Crippen molar-refractivity contribution in [3.05, 3.63) is 29.8 Å². The number of carbonyl (C=O) groups excluding carboxylic acids is 1. The summed E-state index contributed by atoms with van der Waals surface area (Å²) in [6, 6.07) is 5.87. The number of likely N-dealkylation sites (tertiary alicyclic amines) is 1. The first-order valence-corrected chi connectivity index (χ1v) is 9.54. The lowest BCUT2D eigenvalue weighted by Crippen LogP contribution is -2.36. The summed E-state index contributed by atoms with van der Waals surface area (Å²) >= 11 is 1.12. The van der Waals surface area contributed by atoms with E-state index in [0.717, 1.165) is 42.8 Å². The zero-order valence-corrected chi connectivity index (χ0v) is 15.7. The van der Waals surface area contributed by atoms with Crippen LogP contribution in [0.5, 0.6) is 5.75 Å². The van der Waals surface area contributed by atoms with E-state index < -0.39 is 6.36 Å². The number of ether oxygens (including phenoxy) is 1. The first kappa shape index (κ1) is 20.3. The molecule has 1 amide bonds. The molecule has 1 aromatic heterocycles. The fraction of sp³-hybridized carbons (Fsp3) is 0.471. The third-order valence-corrected chi connectivity index (χ3v) is 5.00. The summed E-state index contributed by atoms with van der Waals surface area (Å²) in [6.07, 6.45) is -2.42. The van der Waals surface area contributed by atoms with Gasteiger partial charge in [-0.15, -0.1) is 23.4 Å². The van der Waals surface area contributed by atoms with Crippen molar-refractivity contribution >= 4 is 27.5 Å². The molecule has 3 N–H and O–H groups in total. The van der Waals surface area contributed by atoms with Crippen LogP contribution in [0.25, 0.3) is 0 Å². The lowest BCUT2D eigenvalue weighted by atomic mass is 9.94. The van der Waals surface area contributed by atoms with Crippen molar-refractivity contribution in [1.29, 1.82) is 0 Å². The van der Waals surface area contributed by atoms with Crippen molar-refractivity contribution in [3.63, 3.8) is 0 Å². The summed E-state index contributed by atoms with van der Waals surface area (Å²) in [7, 11) is 0. The number of alkyl halides is 3. The monoisotopic (exact) mass is 415 g/mol. The van der Waals surface area contributed by atoms with Gasteiger partial charge in [-0.05, 0) is 43.0 Å². The Kier molecular flexibility index (Phi) is 6.35. The molecule has 152 valence electrons. The number of aromatic nitrogens is 2. The van der Waals surface area contributed by atoms with Crippen molar-refractivity contribution in [3.8, 4) is 5.75 Å². The van der Waals surface area contributed by atoms with E-state index in [2.05, 4.69) is 25.2 Å². The average Bonchev–Trinajstić information content (AvgIpc) is 3.00. The van der Waals surface area contributed by atoms with Gasteiger partial charge < -0.3 is 15.8 Å². The molecule has 2 aromatic rings. The van der Waals surface area contributed by atoms with Crippen LogP contribution < -0.4 is 15.8 Å². The summed E-state index contributed by atoms with van der Waals surface area (Å²) in [6.45, 7) is 2.23. The van der Waals surface area contributed by atoms with Gasteiger partial charge in [-0.3, -0.25) is 9.69 Å². The van der Waals surface area contributed by atoms with E-state index in [9.17, 15) is 18.0 Å². The summed E-state index contributed by atoms with van der Waals surface area (Å²) in [5.74, 6) is -0.162. The smallest absolute Gasteiger partial charge is 0.406 e. The summed E-state index contributed by atoms with van der Waals surface area (Å²) in [4.78, 5) is 14.4. The number of amides is 1. The third-order valence-electron chi connectivity index (χ3n) is 4.33. The average molecular weight is 415 g/mol. The number of hydrogen-bond donors (Lipinski definition) is 2. The molecule has 1 aromatic carbocycles. The number of benzene rings is 1. The third kappa shape index (κ3) is 6.34. The van der Waals surface area contributed by atoms with Gasteiger partial charge in [0.25, 0.3) is 0 Å². The number of nitrogens with one attached hydrogen (secondary N) is 1. The Labute approximate surface area is 163 Å². The highest BCUT2D eigenvalue weighted by Crippen LogP contribution is 2.25. The Morgan fingerprint density at radius 1 is 1.32 bits per heavy atom. The molecule has 0 spiro atoms. The van der Waals surface area contributed by atoms with Crippen LogP contribution in [0.2, 0.25) is 0 Å². The number of nitrogens with two attached hydrogens (primary N) is 1. The maximum absolute atomic E-state index is 12.2. The highest BCUT2D eigenvalue weighted by molar-refractivity contribution is 7.18. The Balaban J connectivity index is 1.48. The number of piperidine rings is 1. The van der Waals surface area contributed by atoms with Crippen molar-refractivity contribution in [2.45, 2.75) is 32.2 Å². The number of rotatable bonds is 6. The van der Waals surface area contributed by atoms with Crippen molar-refractivity contribution in [1.82, 2.24) is 15.1 Å². The zero-order valence-electron chi connectivity index (χ0n) is 14.9. The molecule has 1 aliphatic heterocycles. The van der Waals surface area contributed by atoms with Crippen LogP contribution in [-0.4, -0.2) is 40.5 Å². The van der Waals surface area contributed by atoms with Crippen molar-refractivity contribution in [2.75, 3.05) is 24.1 Å². The van der Waals surface area contributed by atoms with Crippen LogP contribution >= 0.6 is 11.3 Å². The maximum Gasteiger partial charge on any atom is 0.573 e. The van der Waals surface area contributed by atoms with Crippen LogP contribution in [0.15, 0.2) is 24.3 Å². The van der Waals surface area contributed by atoms with Crippen LogP contribution in [0, 0.1) is 5.92 Å². The van der Waals surface area contributed by atoms with Crippen LogP contribution in [0.4, 0.5) is 23.4 Å². The molecule has 11 heteroatoms. The van der Waals surface area contributed by atoms with Gasteiger partial charge in [-0.2, -0.15) is 0 Å². The number of carbonyl (C=O) groups is 1. The lowest BCUT2D eigenvalue weighted by Gasteiger charge is -2.32. The number of anilines is 2. The number of halogens is 3. The van der Waals surface area contributed by atoms with Gasteiger partial charge in [0.2, 0.25) is 16.2 Å². The van der Waals surface area contributed by atoms with E-state index in [0.29, 0.717) is 23.2 Å². The predicted octanol–water partition coefficient (Wildman–Crippen LogP) is 3.26. The minimum Gasteiger partial charge on any atom is -0.406 e. The van der Waals surface area contributed by atoms with Crippen LogP contribution in [0.3, 0.4) is 0 Å². The first-order chi connectivity index (χ1) is 13.3. The molecule has 7 nitrogen and oxygen atoms in total. The fourth-order valence-corrected chi connectivity index (χ4v) is 3.76. The molecule has 0 saturated carbocycles. The van der Waals surface area contributed by atoms with Crippen LogP contribution in [0.1, 0.15) is 24.8 Å². The standard InChI is InChI=1S/C17H20F3N5O2S/c18-17(19,20)27-13-5-3-11(4-6-13)9-25-7-1-2-12(10-25)8-14(26)22-16-24-23-15(21)28-16/h3-6,12H,1-2,7-10H2,(H2,21,23)(H,22,24,26). The van der Waals surface area contributed by atoms with E-state index in [-0.39, 0.29) is 17.6 Å². The van der Waals surface area contributed by atoms with Gasteiger partial charge in [0.1, 0.15) is 5.75 Å². The molecule has 28 heavy (non-hydrogen) atoms. The highest BCUT2D eigenvalue weighted by Gasteiger charge is 2.31. The SMILES string of the molecule is Nc1nnc(NC(=O)CC2CCCN(Cc3ccc(OC(F)(F)F)cc3)C2)s1. The van der Waals surface area contributed by atoms with Gasteiger partial charge >= 0.3 is 6.36 Å². The Morgan fingerprint density at radius 2 is 2.07 bits per heavy atom. The van der Waals surface area contributed by atoms with Gasteiger partial charge in [0.05, 0.1) is 0 Å². The molecule has 1 saturated heterocycles. The molecule has 0 radical (unpaired) electrons. The molecule has 1 atom stereocenters. The molecule has 2 heterocycles. The second kappa shape index (κ2) is 8.74. The second-order valence-electron chi connectivity index (χ2n) is 6.63. The van der Waals surface area contributed by atoms with Crippen LogP contribution in [-0.2, 0) is 11.3 Å². The normalized spacial score (nSPS) is 18.0. The van der Waals surface area contributed by atoms with E-state index in [1.165, 1.54) is 12.1 Å². The molecule has 0 bridgehead atoms. The number of hydrogen-bond acceptors (Lipinski definition) is 7. The summed E-state index contributed by atoms with van der Waals surface area (Å²) in [5.41, 5.74) is 6.39. The molecule has 3 rings (SSSR count). The van der Waals surface area contributed by atoms with Gasteiger partial charge in [-0.25, -0.2) is 0 Å².